The highest BCUT2D eigenvalue weighted by Gasteiger charge is 2.29. The minimum atomic E-state index is -3.57. The molecule has 6 nitrogen and oxygen atoms in total. The van der Waals surface area contributed by atoms with Crippen molar-refractivity contribution in [2.45, 2.75) is 31.8 Å². The maximum absolute atomic E-state index is 13.6. The van der Waals surface area contributed by atoms with Crippen molar-refractivity contribution in [2.24, 2.45) is 0 Å². The van der Waals surface area contributed by atoms with Crippen molar-refractivity contribution in [1.82, 2.24) is 18.8 Å². The molecule has 1 saturated heterocycles. The quantitative estimate of drug-likeness (QED) is 0.616. The second-order valence-corrected chi connectivity index (χ2v) is 9.53. The van der Waals surface area contributed by atoms with Crippen molar-refractivity contribution in [3.63, 3.8) is 0 Å². The van der Waals surface area contributed by atoms with Crippen LogP contribution in [0, 0.1) is 13.8 Å². The fourth-order valence-corrected chi connectivity index (χ4v) is 5.28. The zero-order valence-electron chi connectivity index (χ0n) is 16.9. The number of alkyl halides is 2. The topological polar surface area (TPSA) is 58.4 Å². The van der Waals surface area contributed by atoms with E-state index < -0.39 is 16.6 Å². The van der Waals surface area contributed by atoms with Crippen LogP contribution in [0.5, 0.6) is 0 Å². The Hall–Kier alpha value is -2.36. The van der Waals surface area contributed by atoms with Crippen LogP contribution in [0.15, 0.2) is 47.4 Å². The van der Waals surface area contributed by atoms with Crippen molar-refractivity contribution in [1.29, 1.82) is 0 Å². The van der Waals surface area contributed by atoms with Crippen LogP contribution in [0.4, 0.5) is 8.78 Å². The molecule has 30 heavy (non-hydrogen) atoms. The molecule has 1 fully saturated rings. The van der Waals surface area contributed by atoms with Gasteiger partial charge >= 0.3 is 6.55 Å². The molecule has 9 heteroatoms. The van der Waals surface area contributed by atoms with Gasteiger partial charge in [-0.05, 0) is 49.2 Å². The van der Waals surface area contributed by atoms with E-state index in [0.29, 0.717) is 42.1 Å². The van der Waals surface area contributed by atoms with E-state index in [4.69, 9.17) is 0 Å². The van der Waals surface area contributed by atoms with Crippen LogP contribution >= 0.6 is 0 Å². The second-order valence-electron chi connectivity index (χ2n) is 7.59. The molecule has 1 aliphatic heterocycles. The largest absolute Gasteiger partial charge is 0.320 e. The molecular formula is C21H24F2N4O2S. The summed E-state index contributed by atoms with van der Waals surface area (Å²) in [5.41, 5.74) is 2.91. The number of hydrogen-bond donors (Lipinski definition) is 0. The van der Waals surface area contributed by atoms with Gasteiger partial charge in [-0.25, -0.2) is 13.4 Å². The van der Waals surface area contributed by atoms with Gasteiger partial charge in [0.25, 0.3) is 0 Å². The molecule has 0 bridgehead atoms. The van der Waals surface area contributed by atoms with Crippen molar-refractivity contribution < 1.29 is 17.2 Å². The smallest absolute Gasteiger partial charge is 0.293 e. The number of para-hydroxylation sites is 2. The van der Waals surface area contributed by atoms with Gasteiger partial charge in [-0.1, -0.05) is 18.2 Å². The number of halogens is 2. The molecule has 0 saturated carbocycles. The minimum absolute atomic E-state index is 0.247. The van der Waals surface area contributed by atoms with E-state index in [-0.39, 0.29) is 12.4 Å². The Morgan fingerprint density at radius 3 is 2.37 bits per heavy atom. The Balaban J connectivity index is 1.48. The SMILES string of the molecule is Cc1ccc(S(=O)(=O)N2CCN(Cc3nc4ccccc4n3C(F)F)CC2)cc1C. The molecular weight excluding hydrogens is 410 g/mol. The zero-order valence-corrected chi connectivity index (χ0v) is 17.7. The van der Waals surface area contributed by atoms with Gasteiger partial charge in [-0.15, -0.1) is 0 Å². The van der Waals surface area contributed by atoms with Crippen LogP contribution < -0.4 is 0 Å². The van der Waals surface area contributed by atoms with E-state index in [9.17, 15) is 17.2 Å². The van der Waals surface area contributed by atoms with Crippen LogP contribution in [0.1, 0.15) is 23.5 Å². The maximum atomic E-state index is 13.6. The number of aromatic nitrogens is 2. The van der Waals surface area contributed by atoms with E-state index in [2.05, 4.69) is 4.98 Å². The second kappa shape index (κ2) is 8.05. The van der Waals surface area contributed by atoms with Gasteiger partial charge in [0.15, 0.2) is 0 Å². The third kappa shape index (κ3) is 3.84. The third-order valence-electron chi connectivity index (χ3n) is 5.68. The Morgan fingerprint density at radius 2 is 1.70 bits per heavy atom. The van der Waals surface area contributed by atoms with Crippen molar-refractivity contribution in [2.75, 3.05) is 26.2 Å². The number of nitrogens with zero attached hydrogens (tertiary/aromatic N) is 4. The van der Waals surface area contributed by atoms with Crippen molar-refractivity contribution in [3.05, 3.63) is 59.4 Å². The van der Waals surface area contributed by atoms with Gasteiger partial charge in [0.2, 0.25) is 10.0 Å². The lowest BCUT2D eigenvalue weighted by molar-refractivity contribution is 0.0670. The number of piperazine rings is 1. The lowest BCUT2D eigenvalue weighted by Crippen LogP contribution is -2.48. The summed E-state index contributed by atoms with van der Waals surface area (Å²) in [6.07, 6.45) is 0. The fraction of sp³-hybridized carbons (Fsp3) is 0.381. The number of sulfonamides is 1. The predicted molar refractivity (Wildman–Crippen MR) is 111 cm³/mol. The summed E-state index contributed by atoms with van der Waals surface area (Å²) < 4.78 is 55.6. The van der Waals surface area contributed by atoms with Gasteiger partial charge < -0.3 is 0 Å². The normalized spacial score (nSPS) is 16.6. The van der Waals surface area contributed by atoms with Crippen LogP contribution in [0.25, 0.3) is 11.0 Å². The van der Waals surface area contributed by atoms with E-state index >= 15 is 0 Å². The van der Waals surface area contributed by atoms with Gasteiger partial charge in [-0.3, -0.25) is 9.47 Å². The molecule has 0 amide bonds. The Kier molecular flexibility index (Phi) is 5.61. The monoisotopic (exact) mass is 434 g/mol. The fourth-order valence-electron chi connectivity index (χ4n) is 3.78. The summed E-state index contributed by atoms with van der Waals surface area (Å²) in [5.74, 6) is 0.289. The molecule has 0 spiro atoms. The van der Waals surface area contributed by atoms with E-state index in [1.807, 2.05) is 24.8 Å². The maximum Gasteiger partial charge on any atom is 0.320 e. The van der Waals surface area contributed by atoms with E-state index in [0.717, 1.165) is 15.7 Å². The molecule has 2 aromatic carbocycles. The van der Waals surface area contributed by atoms with E-state index in [1.165, 1.54) is 4.31 Å². The first-order chi connectivity index (χ1) is 14.3. The number of imidazole rings is 1. The number of benzene rings is 2. The zero-order chi connectivity index (χ0) is 21.5. The summed E-state index contributed by atoms with van der Waals surface area (Å²) >= 11 is 0. The predicted octanol–water partition coefficient (Wildman–Crippen LogP) is 3.55. The number of fused-ring (bicyclic) bond motifs is 1. The Bertz CT molecular complexity index is 1170. The summed E-state index contributed by atoms with van der Waals surface area (Å²) in [6, 6.07) is 12.0. The molecule has 0 atom stereocenters. The number of aryl methyl sites for hydroxylation is 2. The van der Waals surface area contributed by atoms with Gasteiger partial charge in [-0.2, -0.15) is 13.1 Å². The van der Waals surface area contributed by atoms with Gasteiger partial charge in [0, 0.05) is 26.2 Å². The third-order valence-corrected chi connectivity index (χ3v) is 7.57. The lowest BCUT2D eigenvalue weighted by Gasteiger charge is -2.33. The highest BCUT2D eigenvalue weighted by molar-refractivity contribution is 7.89. The molecule has 3 aromatic rings. The summed E-state index contributed by atoms with van der Waals surface area (Å²) in [7, 11) is -3.57. The van der Waals surface area contributed by atoms with Crippen molar-refractivity contribution in [3.8, 4) is 0 Å². The molecule has 0 aliphatic carbocycles. The first-order valence-corrected chi connectivity index (χ1v) is 11.2. The van der Waals surface area contributed by atoms with Gasteiger partial charge in [0.1, 0.15) is 5.82 Å². The van der Waals surface area contributed by atoms with Crippen LogP contribution in [-0.2, 0) is 16.6 Å². The lowest BCUT2D eigenvalue weighted by atomic mass is 10.1. The van der Waals surface area contributed by atoms with E-state index in [1.54, 1.807) is 36.4 Å². The van der Waals surface area contributed by atoms with Gasteiger partial charge in [0.05, 0.1) is 22.5 Å². The van der Waals surface area contributed by atoms with Crippen LogP contribution in [0.2, 0.25) is 0 Å². The summed E-state index contributed by atoms with van der Waals surface area (Å²) in [5, 5.41) is 0. The first kappa shape index (κ1) is 20.9. The average Bonchev–Trinajstić information content (AvgIpc) is 3.08. The summed E-state index contributed by atoms with van der Waals surface area (Å²) in [4.78, 5) is 6.63. The molecule has 4 rings (SSSR count). The van der Waals surface area contributed by atoms with Crippen LogP contribution in [-0.4, -0.2) is 53.4 Å². The summed E-state index contributed by atoms with van der Waals surface area (Å²) in [6.45, 7) is 2.93. The molecule has 0 N–H and O–H groups in total. The highest BCUT2D eigenvalue weighted by Crippen LogP contribution is 2.25. The minimum Gasteiger partial charge on any atom is -0.293 e. The molecule has 160 valence electrons. The van der Waals surface area contributed by atoms with Crippen molar-refractivity contribution >= 4 is 21.1 Å². The average molecular weight is 435 g/mol. The molecule has 1 aliphatic rings. The Labute approximate surface area is 174 Å². The number of hydrogen-bond acceptors (Lipinski definition) is 4. The molecule has 2 heterocycles. The molecule has 0 unspecified atom stereocenters. The standard InChI is InChI=1S/C21H24F2N4O2S/c1-15-7-8-17(13-16(15)2)30(28,29)26-11-9-25(10-12-26)14-20-24-18-5-3-4-6-19(18)27(20)21(22)23/h3-8,13,21H,9-12,14H2,1-2H3. The Morgan fingerprint density at radius 1 is 1.00 bits per heavy atom. The molecule has 0 radical (unpaired) electrons. The number of rotatable bonds is 5. The molecule has 1 aromatic heterocycles. The highest BCUT2D eigenvalue weighted by atomic mass is 32.2. The first-order valence-electron chi connectivity index (χ1n) is 9.81. The van der Waals surface area contributed by atoms with Crippen LogP contribution in [0.3, 0.4) is 0 Å².